The van der Waals surface area contributed by atoms with E-state index in [-0.39, 0.29) is 17.0 Å². The van der Waals surface area contributed by atoms with E-state index in [2.05, 4.69) is 4.98 Å². The Morgan fingerprint density at radius 3 is 2.59 bits per heavy atom. The number of primary amides is 1. The Labute approximate surface area is 194 Å². The van der Waals surface area contributed by atoms with E-state index in [1.807, 2.05) is 0 Å². The second kappa shape index (κ2) is 8.65. The molecule has 176 valence electrons. The van der Waals surface area contributed by atoms with Crippen LogP contribution in [-0.4, -0.2) is 28.7 Å². The summed E-state index contributed by atoms with van der Waals surface area (Å²) in [5.74, 6) is 0.438. The zero-order valence-corrected chi connectivity index (χ0v) is 18.5. The van der Waals surface area contributed by atoms with Crippen LogP contribution in [0.25, 0.3) is 16.0 Å². The summed E-state index contributed by atoms with van der Waals surface area (Å²) in [7, 11) is -1.33. The van der Waals surface area contributed by atoms with Crippen molar-refractivity contribution >= 4 is 27.7 Å². The summed E-state index contributed by atoms with van der Waals surface area (Å²) >= 11 is 0. The molecule has 5 rings (SSSR count). The molecule has 1 aliphatic heterocycles. The van der Waals surface area contributed by atoms with Crippen molar-refractivity contribution in [2.24, 2.45) is 5.73 Å². The van der Waals surface area contributed by atoms with Crippen molar-refractivity contribution in [1.29, 1.82) is 0 Å². The van der Waals surface area contributed by atoms with Gasteiger partial charge in [-0.05, 0) is 11.6 Å². The van der Waals surface area contributed by atoms with Crippen LogP contribution in [0.2, 0.25) is 0 Å². The van der Waals surface area contributed by atoms with Gasteiger partial charge in [0.2, 0.25) is 0 Å². The van der Waals surface area contributed by atoms with E-state index in [1.54, 1.807) is 29.1 Å². The number of aromatic nitrogens is 2. The first-order chi connectivity index (χ1) is 16.3. The largest absolute Gasteiger partial charge is 0.489 e. The van der Waals surface area contributed by atoms with Crippen molar-refractivity contribution in [2.75, 3.05) is 13.2 Å². The van der Waals surface area contributed by atoms with Gasteiger partial charge in [0.1, 0.15) is 12.9 Å². The number of fused-ring (bicyclic) bond motifs is 2. The number of thiophene rings is 1. The minimum atomic E-state index is -4.53. The number of carbonyl (C=O) groups is 1. The van der Waals surface area contributed by atoms with Crippen LogP contribution in [0.15, 0.2) is 54.9 Å². The molecular formula is C23H19F3N3O4S+. The smallest absolute Gasteiger partial charge is 0.416 e. The molecule has 3 heterocycles. The maximum atomic E-state index is 13.4. The predicted molar refractivity (Wildman–Crippen MR) is 119 cm³/mol. The Morgan fingerprint density at radius 2 is 1.85 bits per heavy atom. The number of nitrogens with two attached hydrogens (primary N) is 1. The highest BCUT2D eigenvalue weighted by Gasteiger charge is 2.35. The third kappa shape index (κ3) is 4.08. The van der Waals surface area contributed by atoms with Crippen molar-refractivity contribution in [1.82, 2.24) is 9.55 Å². The third-order valence-electron chi connectivity index (χ3n) is 5.32. The highest BCUT2D eigenvalue weighted by atomic mass is 32.2. The average molecular weight is 490 g/mol. The van der Waals surface area contributed by atoms with Crippen molar-refractivity contribution in [3.05, 3.63) is 70.9 Å². The van der Waals surface area contributed by atoms with E-state index in [0.717, 1.165) is 12.5 Å². The van der Waals surface area contributed by atoms with Crippen molar-refractivity contribution in [2.45, 2.75) is 19.2 Å². The van der Waals surface area contributed by atoms with Gasteiger partial charge < -0.3 is 15.2 Å². The Hall–Kier alpha value is -3.57. The Morgan fingerprint density at radius 1 is 1.12 bits per heavy atom. The van der Waals surface area contributed by atoms with Crippen molar-refractivity contribution < 1.29 is 31.6 Å². The molecule has 2 N–H and O–H groups in total. The standard InChI is InChI=1S/C23H18F3N3O4S/c24-23(25,26)15-5-2-1-4-14(15)12-33-34-20(22(27)30)6-7-21(34)29-13-28-16-10-18-19(11-17(16)29)32-9-3-8-31-18/h1-2,4-7,10-11,13H,3,8-9,12H2,(H-,27,30)/p+1. The van der Waals surface area contributed by atoms with Crippen LogP contribution in [0, 0.1) is 0 Å². The molecule has 2 aromatic carbocycles. The number of rotatable bonds is 5. The number of imidazole rings is 1. The number of halogens is 3. The molecule has 11 heteroatoms. The minimum Gasteiger partial charge on any atom is -0.489 e. The van der Waals surface area contributed by atoms with E-state index in [1.165, 1.54) is 24.3 Å². The maximum absolute atomic E-state index is 13.4. The summed E-state index contributed by atoms with van der Waals surface area (Å²) in [4.78, 5) is 16.6. The zero-order valence-electron chi connectivity index (χ0n) is 17.7. The monoisotopic (exact) mass is 490 g/mol. The normalized spacial score (nSPS) is 14.3. The fraction of sp³-hybridized carbons (Fsp3) is 0.217. The van der Waals surface area contributed by atoms with Gasteiger partial charge in [-0.25, -0.2) is 4.98 Å². The topological polar surface area (TPSA) is 88.6 Å². The quantitative estimate of drug-likeness (QED) is 0.411. The predicted octanol–water partition coefficient (Wildman–Crippen LogP) is 4.68. The number of hydrogen-bond acceptors (Lipinski definition) is 5. The number of benzene rings is 2. The summed E-state index contributed by atoms with van der Waals surface area (Å²) in [6, 6.07) is 11.9. The summed E-state index contributed by atoms with van der Waals surface area (Å²) in [5.41, 5.74) is 6.01. The van der Waals surface area contributed by atoms with E-state index >= 15 is 0 Å². The van der Waals surface area contributed by atoms with Crippen LogP contribution in [0.5, 0.6) is 11.5 Å². The summed E-state index contributed by atoms with van der Waals surface area (Å²) in [6.45, 7) is 0.682. The second-order valence-electron chi connectivity index (χ2n) is 7.54. The summed E-state index contributed by atoms with van der Waals surface area (Å²) in [6.07, 6.45) is -2.22. The molecule has 1 unspecified atom stereocenters. The fourth-order valence-corrected chi connectivity index (χ4v) is 5.34. The maximum Gasteiger partial charge on any atom is 0.416 e. The van der Waals surface area contributed by atoms with Gasteiger partial charge in [-0.15, -0.1) is 4.18 Å². The number of ether oxygens (including phenoxy) is 2. The molecule has 2 aromatic heterocycles. The van der Waals surface area contributed by atoms with Crippen LogP contribution < -0.4 is 19.4 Å². The van der Waals surface area contributed by atoms with Gasteiger partial charge in [0, 0.05) is 30.7 Å². The molecule has 0 saturated carbocycles. The van der Waals surface area contributed by atoms with Crippen LogP contribution in [-0.2, 0) is 12.8 Å². The van der Waals surface area contributed by atoms with E-state index in [9.17, 15) is 18.0 Å². The minimum absolute atomic E-state index is 0.0380. The van der Waals surface area contributed by atoms with Gasteiger partial charge in [0.15, 0.2) is 22.2 Å². The number of amides is 1. The van der Waals surface area contributed by atoms with E-state index in [4.69, 9.17) is 19.4 Å². The lowest BCUT2D eigenvalue weighted by Gasteiger charge is -2.11. The van der Waals surface area contributed by atoms with Gasteiger partial charge in [0.05, 0.1) is 29.8 Å². The third-order valence-corrected chi connectivity index (χ3v) is 7.12. The molecule has 4 aromatic rings. The van der Waals surface area contributed by atoms with Gasteiger partial charge in [-0.2, -0.15) is 13.2 Å². The number of alkyl halides is 3. The number of nitrogens with zero attached hydrogens (tertiary/aromatic N) is 2. The molecule has 1 amide bonds. The Balaban J connectivity index is 1.55. The van der Waals surface area contributed by atoms with Crippen molar-refractivity contribution in [3.63, 3.8) is 0 Å². The lowest BCUT2D eigenvalue weighted by atomic mass is 10.1. The molecule has 0 fully saturated rings. The fourth-order valence-electron chi connectivity index (χ4n) is 3.74. The van der Waals surface area contributed by atoms with Crippen LogP contribution in [0.1, 0.15) is 27.2 Å². The molecule has 1 aliphatic rings. The van der Waals surface area contributed by atoms with Crippen molar-refractivity contribution in [3.8, 4) is 16.5 Å². The molecule has 0 aliphatic carbocycles. The number of carbonyl (C=O) groups excluding carboxylic acids is 1. The highest BCUT2D eigenvalue weighted by molar-refractivity contribution is 7.30. The Bertz CT molecular complexity index is 1380. The van der Waals surface area contributed by atoms with E-state index < -0.39 is 28.4 Å². The van der Waals surface area contributed by atoms with Gasteiger partial charge in [-0.3, -0.25) is 9.36 Å². The van der Waals surface area contributed by atoms with Gasteiger partial charge in [-0.1, -0.05) is 18.2 Å². The average Bonchev–Trinajstić information content (AvgIpc) is 3.32. The van der Waals surface area contributed by atoms with Crippen LogP contribution in [0.4, 0.5) is 13.2 Å². The second-order valence-corrected chi connectivity index (χ2v) is 9.17. The highest BCUT2D eigenvalue weighted by Crippen LogP contribution is 2.39. The lowest BCUT2D eigenvalue weighted by molar-refractivity contribution is -0.138. The summed E-state index contributed by atoms with van der Waals surface area (Å²) < 4.78 is 59.3. The first kappa shape index (κ1) is 22.2. The molecule has 7 nitrogen and oxygen atoms in total. The molecule has 0 radical (unpaired) electrons. The first-order valence-corrected chi connectivity index (χ1v) is 11.5. The molecule has 1 atom stereocenters. The number of hydrogen-bond donors (Lipinski definition) is 1. The lowest BCUT2D eigenvalue weighted by Crippen LogP contribution is -2.13. The first-order valence-electron chi connectivity index (χ1n) is 10.3. The Kier molecular flexibility index (Phi) is 5.66. The van der Waals surface area contributed by atoms with Gasteiger partial charge in [0.25, 0.3) is 9.88 Å². The molecule has 0 bridgehead atoms. The molecular weight excluding hydrogens is 471 g/mol. The zero-order chi connectivity index (χ0) is 23.9. The summed E-state index contributed by atoms with van der Waals surface area (Å²) in [5, 5.41) is 0.523. The molecule has 0 saturated heterocycles. The van der Waals surface area contributed by atoms with E-state index in [0.29, 0.717) is 40.7 Å². The SMILES string of the molecule is NC(=O)c1ccc(-n2cnc3cc4c(cc32)OCCCO4)[s+]1OCc1ccccc1C(F)(F)F. The molecule has 34 heavy (non-hydrogen) atoms. The van der Waals surface area contributed by atoms with Gasteiger partial charge >= 0.3 is 12.1 Å². The molecule has 0 spiro atoms. The van der Waals surface area contributed by atoms with Crippen LogP contribution in [0.3, 0.4) is 0 Å². The van der Waals surface area contributed by atoms with Crippen LogP contribution >= 0.6 is 10.8 Å².